The van der Waals surface area contributed by atoms with Crippen LogP contribution in [-0.4, -0.2) is 18.4 Å². The third kappa shape index (κ3) is 5.52. The zero-order chi connectivity index (χ0) is 23.4. The van der Waals surface area contributed by atoms with E-state index >= 15 is 0 Å². The van der Waals surface area contributed by atoms with Gasteiger partial charge in [-0.3, -0.25) is 20.4 Å². The highest BCUT2D eigenvalue weighted by Crippen LogP contribution is 2.47. The van der Waals surface area contributed by atoms with Crippen LogP contribution in [0, 0.1) is 5.92 Å². The van der Waals surface area contributed by atoms with Crippen molar-refractivity contribution in [1.29, 1.82) is 0 Å². The van der Waals surface area contributed by atoms with Crippen molar-refractivity contribution >= 4 is 11.8 Å². The average Bonchev–Trinajstić information content (AvgIpc) is 3.63. The monoisotopic (exact) mass is 454 g/mol. The van der Waals surface area contributed by atoms with Crippen molar-refractivity contribution < 1.29 is 27.5 Å². The van der Waals surface area contributed by atoms with Gasteiger partial charge < -0.3 is 4.74 Å². The molecule has 0 spiro atoms. The Morgan fingerprint density at radius 2 is 1.55 bits per heavy atom. The van der Waals surface area contributed by atoms with E-state index in [1.165, 1.54) is 12.1 Å². The van der Waals surface area contributed by atoms with Crippen molar-refractivity contribution in [1.82, 2.24) is 10.9 Å². The summed E-state index contributed by atoms with van der Waals surface area (Å²) in [7, 11) is 0. The van der Waals surface area contributed by atoms with Crippen molar-refractivity contribution in [2.75, 3.05) is 6.61 Å². The van der Waals surface area contributed by atoms with Crippen LogP contribution in [0.4, 0.5) is 13.2 Å². The lowest BCUT2D eigenvalue weighted by Gasteiger charge is -2.12. The van der Waals surface area contributed by atoms with Crippen LogP contribution in [-0.2, 0) is 15.8 Å². The first-order valence-electron chi connectivity index (χ1n) is 10.4. The molecule has 8 heteroatoms. The maximum atomic E-state index is 12.7. The van der Waals surface area contributed by atoms with Gasteiger partial charge in [0.1, 0.15) is 5.75 Å². The van der Waals surface area contributed by atoms with Gasteiger partial charge in [-0.25, -0.2) is 0 Å². The number of hydrogen-bond acceptors (Lipinski definition) is 3. The largest absolute Gasteiger partial charge is 0.483 e. The van der Waals surface area contributed by atoms with Gasteiger partial charge in [0.25, 0.3) is 5.91 Å². The van der Waals surface area contributed by atoms with Gasteiger partial charge in [0.05, 0.1) is 5.56 Å². The Kier molecular flexibility index (Phi) is 6.35. The predicted molar refractivity (Wildman–Crippen MR) is 116 cm³/mol. The first-order chi connectivity index (χ1) is 15.8. The molecule has 170 valence electrons. The van der Waals surface area contributed by atoms with Gasteiger partial charge in [-0.05, 0) is 41.7 Å². The number of hydrogen-bond donors (Lipinski definition) is 2. The summed E-state index contributed by atoms with van der Waals surface area (Å²) in [4.78, 5) is 24.4. The summed E-state index contributed by atoms with van der Waals surface area (Å²) in [6.07, 6.45) is -3.89. The van der Waals surface area contributed by atoms with E-state index in [2.05, 4.69) is 10.9 Å². The second kappa shape index (κ2) is 9.36. The molecule has 2 atom stereocenters. The van der Waals surface area contributed by atoms with Crippen LogP contribution >= 0.6 is 0 Å². The van der Waals surface area contributed by atoms with E-state index in [0.717, 1.165) is 23.3 Å². The van der Waals surface area contributed by atoms with Crippen LogP contribution in [0.3, 0.4) is 0 Å². The molecule has 1 aliphatic rings. The lowest BCUT2D eigenvalue weighted by molar-refractivity contribution is -0.137. The summed E-state index contributed by atoms with van der Waals surface area (Å²) >= 11 is 0. The molecule has 1 fully saturated rings. The molecule has 2 unspecified atom stereocenters. The molecule has 3 aromatic carbocycles. The quantitative estimate of drug-likeness (QED) is 0.531. The van der Waals surface area contributed by atoms with Crippen LogP contribution in [0.15, 0.2) is 78.9 Å². The molecule has 0 radical (unpaired) electrons. The Labute approximate surface area is 188 Å². The van der Waals surface area contributed by atoms with E-state index in [-0.39, 0.29) is 12.5 Å². The van der Waals surface area contributed by atoms with E-state index in [9.17, 15) is 22.8 Å². The predicted octanol–water partition coefficient (Wildman–Crippen LogP) is 4.70. The van der Waals surface area contributed by atoms with Crippen LogP contribution in [0.2, 0.25) is 0 Å². The van der Waals surface area contributed by atoms with Gasteiger partial charge in [0, 0.05) is 11.5 Å². The summed E-state index contributed by atoms with van der Waals surface area (Å²) in [6, 6.07) is 21.7. The highest BCUT2D eigenvalue weighted by molar-refractivity contribution is 5.86. The summed E-state index contributed by atoms with van der Waals surface area (Å²) in [5.41, 5.74) is 6.41. The normalized spacial score (nSPS) is 17.2. The van der Waals surface area contributed by atoms with Crippen molar-refractivity contribution in [3.63, 3.8) is 0 Å². The lowest BCUT2D eigenvalue weighted by Crippen LogP contribution is -2.44. The van der Waals surface area contributed by atoms with Gasteiger partial charge in [-0.15, -0.1) is 0 Å². The zero-order valence-electron chi connectivity index (χ0n) is 17.4. The minimum atomic E-state index is -4.40. The van der Waals surface area contributed by atoms with Crippen LogP contribution in [0.1, 0.15) is 23.5 Å². The smallest absolute Gasteiger partial charge is 0.416 e. The van der Waals surface area contributed by atoms with Crippen LogP contribution in [0.25, 0.3) is 11.1 Å². The second-order valence-corrected chi connectivity index (χ2v) is 7.76. The number of benzene rings is 3. The van der Waals surface area contributed by atoms with Gasteiger partial charge in [-0.1, -0.05) is 60.7 Å². The Morgan fingerprint density at radius 1 is 0.879 bits per heavy atom. The Morgan fingerprint density at radius 3 is 2.24 bits per heavy atom. The molecule has 0 bridgehead atoms. The third-order valence-electron chi connectivity index (χ3n) is 5.45. The van der Waals surface area contributed by atoms with Gasteiger partial charge in [-0.2, -0.15) is 13.2 Å². The molecule has 2 N–H and O–H groups in total. The number of carbonyl (C=O) groups is 2. The SMILES string of the molecule is O=C(COc1ccccc1-c1ccccc1)NNC(=O)C1CC1c1ccc(C(F)(F)F)cc1. The number of para-hydroxylation sites is 1. The summed E-state index contributed by atoms with van der Waals surface area (Å²) in [5, 5.41) is 0. The third-order valence-corrected chi connectivity index (χ3v) is 5.45. The number of hydrazine groups is 1. The molecule has 0 aromatic heterocycles. The molecule has 0 heterocycles. The number of carbonyl (C=O) groups excluding carboxylic acids is 2. The van der Waals surface area contributed by atoms with Crippen LogP contribution < -0.4 is 15.6 Å². The number of nitrogens with one attached hydrogen (secondary N) is 2. The number of halogens is 3. The first-order valence-corrected chi connectivity index (χ1v) is 10.4. The lowest BCUT2D eigenvalue weighted by atomic mass is 10.1. The Bertz CT molecular complexity index is 1130. The van der Waals surface area contributed by atoms with Gasteiger partial charge in [0.15, 0.2) is 6.61 Å². The fourth-order valence-electron chi connectivity index (χ4n) is 3.62. The number of rotatable bonds is 6. The molecule has 1 saturated carbocycles. The highest BCUT2D eigenvalue weighted by atomic mass is 19.4. The fourth-order valence-corrected chi connectivity index (χ4v) is 3.62. The fraction of sp³-hybridized carbons (Fsp3) is 0.200. The summed E-state index contributed by atoms with van der Waals surface area (Å²) in [6.45, 7) is -0.295. The molecule has 4 rings (SSSR count). The maximum absolute atomic E-state index is 12.7. The molecular weight excluding hydrogens is 433 g/mol. The minimum Gasteiger partial charge on any atom is -0.483 e. The molecule has 0 aliphatic heterocycles. The molecule has 3 aromatic rings. The number of amides is 2. The second-order valence-electron chi connectivity index (χ2n) is 7.76. The summed E-state index contributed by atoms with van der Waals surface area (Å²) in [5.74, 6) is -0.953. The van der Waals surface area contributed by atoms with Crippen molar-refractivity contribution in [3.8, 4) is 16.9 Å². The van der Waals surface area contributed by atoms with E-state index in [1.54, 1.807) is 12.1 Å². The highest BCUT2D eigenvalue weighted by Gasteiger charge is 2.44. The average molecular weight is 454 g/mol. The molecule has 1 aliphatic carbocycles. The molecule has 0 saturated heterocycles. The Hall–Kier alpha value is -3.81. The van der Waals surface area contributed by atoms with Gasteiger partial charge in [0.2, 0.25) is 5.91 Å². The van der Waals surface area contributed by atoms with E-state index in [4.69, 9.17) is 4.74 Å². The van der Waals surface area contributed by atoms with Crippen molar-refractivity contribution in [2.24, 2.45) is 5.92 Å². The Balaban J connectivity index is 1.26. The number of alkyl halides is 3. The van der Waals surface area contributed by atoms with Crippen LogP contribution in [0.5, 0.6) is 5.75 Å². The minimum absolute atomic E-state index is 0.168. The van der Waals surface area contributed by atoms with Crippen molar-refractivity contribution in [2.45, 2.75) is 18.5 Å². The molecule has 2 amide bonds. The molecule has 5 nitrogen and oxygen atoms in total. The summed E-state index contributed by atoms with van der Waals surface area (Å²) < 4.78 is 43.7. The molecular formula is C25H21F3N2O3. The van der Waals surface area contributed by atoms with Gasteiger partial charge >= 0.3 is 6.18 Å². The van der Waals surface area contributed by atoms with E-state index in [1.807, 2.05) is 42.5 Å². The zero-order valence-corrected chi connectivity index (χ0v) is 17.4. The standard InChI is InChI=1S/C25H21F3N2O3/c26-25(27,28)18-12-10-17(11-13-18)20-14-21(20)24(32)30-29-23(31)15-33-22-9-5-4-8-19(22)16-6-2-1-3-7-16/h1-13,20-21H,14-15H2,(H,29,31)(H,30,32). The van der Waals surface area contributed by atoms with Crippen molar-refractivity contribution in [3.05, 3.63) is 90.0 Å². The topological polar surface area (TPSA) is 67.4 Å². The maximum Gasteiger partial charge on any atom is 0.416 e. The first kappa shape index (κ1) is 22.4. The van der Waals surface area contributed by atoms with E-state index in [0.29, 0.717) is 17.7 Å². The number of ether oxygens (including phenoxy) is 1. The van der Waals surface area contributed by atoms with E-state index < -0.39 is 29.5 Å². The molecule has 33 heavy (non-hydrogen) atoms.